The van der Waals surface area contributed by atoms with Crippen molar-refractivity contribution in [3.8, 4) is 0 Å². The van der Waals surface area contributed by atoms with E-state index < -0.39 is 0 Å². The van der Waals surface area contributed by atoms with Crippen molar-refractivity contribution in [1.82, 2.24) is 10.2 Å². The van der Waals surface area contributed by atoms with Crippen LogP contribution in [0.4, 0.5) is 0 Å². The number of rotatable bonds is 7. The van der Waals surface area contributed by atoms with Gasteiger partial charge in [-0.1, -0.05) is 44.2 Å². The summed E-state index contributed by atoms with van der Waals surface area (Å²) in [4.78, 5) is 6.91. The lowest BCUT2D eigenvalue weighted by atomic mass is 9.86. The predicted octanol–water partition coefficient (Wildman–Crippen LogP) is 4.50. The third-order valence-electron chi connectivity index (χ3n) is 6.00. The van der Waals surface area contributed by atoms with Gasteiger partial charge < -0.3 is 19.7 Å². The maximum absolute atomic E-state index is 6.15. The summed E-state index contributed by atoms with van der Waals surface area (Å²) >= 11 is 0. The lowest BCUT2D eigenvalue weighted by Gasteiger charge is -2.36. The molecule has 3 rings (SSSR count). The van der Waals surface area contributed by atoms with Gasteiger partial charge in [-0.2, -0.15) is 0 Å². The van der Waals surface area contributed by atoms with Crippen LogP contribution in [-0.2, 0) is 15.9 Å². The summed E-state index contributed by atoms with van der Waals surface area (Å²) in [7, 11) is 1.88. The molecule has 2 aliphatic rings. The first-order chi connectivity index (χ1) is 14.1. The predicted molar refractivity (Wildman–Crippen MR) is 135 cm³/mol. The summed E-state index contributed by atoms with van der Waals surface area (Å²) in [6, 6.07) is 10.7. The van der Waals surface area contributed by atoms with Gasteiger partial charge >= 0.3 is 0 Å². The van der Waals surface area contributed by atoms with E-state index in [9.17, 15) is 0 Å². The maximum Gasteiger partial charge on any atom is 0.193 e. The molecule has 170 valence electrons. The van der Waals surface area contributed by atoms with Gasteiger partial charge in [0, 0.05) is 33.3 Å². The second-order valence-corrected chi connectivity index (χ2v) is 9.24. The Labute approximate surface area is 200 Å². The molecule has 1 unspecified atom stereocenters. The number of nitrogens with zero attached hydrogens (tertiary/aromatic N) is 2. The molecule has 0 saturated carbocycles. The van der Waals surface area contributed by atoms with Gasteiger partial charge in [0.25, 0.3) is 0 Å². The Morgan fingerprint density at radius 3 is 2.53 bits per heavy atom. The third-order valence-corrected chi connectivity index (χ3v) is 6.00. The average Bonchev–Trinajstić information content (AvgIpc) is 2.74. The molecular formula is C24H40IN3O2. The van der Waals surface area contributed by atoms with Gasteiger partial charge in [0.1, 0.15) is 0 Å². The SMILES string of the molecule is CN=C(NCC(C)(C)Cc1ccccc1)N1CCC(OCC2CCCCO2)CC1.I. The molecule has 6 heteroatoms. The summed E-state index contributed by atoms with van der Waals surface area (Å²) < 4.78 is 11.9. The fraction of sp³-hybridized carbons (Fsp3) is 0.708. The van der Waals surface area contributed by atoms with Gasteiger partial charge in [-0.15, -0.1) is 24.0 Å². The van der Waals surface area contributed by atoms with Crippen LogP contribution in [-0.4, -0.2) is 63.0 Å². The number of piperidine rings is 1. The fourth-order valence-corrected chi connectivity index (χ4v) is 4.28. The molecule has 0 aromatic heterocycles. The lowest BCUT2D eigenvalue weighted by Crippen LogP contribution is -2.49. The number of aliphatic imine (C=N–C) groups is 1. The molecule has 0 spiro atoms. The number of halogens is 1. The van der Waals surface area contributed by atoms with E-state index in [2.05, 4.69) is 59.4 Å². The number of guanidine groups is 1. The molecule has 1 atom stereocenters. The van der Waals surface area contributed by atoms with Gasteiger partial charge in [0.15, 0.2) is 5.96 Å². The number of hydrogen-bond acceptors (Lipinski definition) is 3. The number of hydrogen-bond donors (Lipinski definition) is 1. The molecule has 2 fully saturated rings. The van der Waals surface area contributed by atoms with Crippen LogP contribution >= 0.6 is 24.0 Å². The minimum atomic E-state index is 0. The highest BCUT2D eigenvalue weighted by Gasteiger charge is 2.25. The first kappa shape index (κ1) is 25.4. The number of likely N-dealkylation sites (tertiary alicyclic amines) is 1. The van der Waals surface area contributed by atoms with Crippen LogP contribution in [0, 0.1) is 5.41 Å². The fourth-order valence-electron chi connectivity index (χ4n) is 4.28. The number of ether oxygens (including phenoxy) is 2. The highest BCUT2D eigenvalue weighted by molar-refractivity contribution is 14.0. The molecular weight excluding hydrogens is 489 g/mol. The van der Waals surface area contributed by atoms with Crippen molar-refractivity contribution in [1.29, 1.82) is 0 Å². The van der Waals surface area contributed by atoms with Crippen LogP contribution in [0.5, 0.6) is 0 Å². The van der Waals surface area contributed by atoms with Crippen LogP contribution < -0.4 is 5.32 Å². The Balaban J connectivity index is 0.00000320. The Morgan fingerprint density at radius 2 is 1.90 bits per heavy atom. The zero-order valence-corrected chi connectivity index (χ0v) is 21.3. The minimum absolute atomic E-state index is 0. The highest BCUT2D eigenvalue weighted by atomic mass is 127. The van der Waals surface area contributed by atoms with Crippen LogP contribution in [0.25, 0.3) is 0 Å². The molecule has 2 aliphatic heterocycles. The molecule has 5 nitrogen and oxygen atoms in total. The van der Waals surface area contributed by atoms with Gasteiger partial charge in [-0.3, -0.25) is 4.99 Å². The Bertz CT molecular complexity index is 625. The van der Waals surface area contributed by atoms with Crippen molar-refractivity contribution in [3.63, 3.8) is 0 Å². The summed E-state index contributed by atoms with van der Waals surface area (Å²) in [5, 5.41) is 3.61. The van der Waals surface area contributed by atoms with Gasteiger partial charge in [0.05, 0.1) is 18.8 Å². The average molecular weight is 530 g/mol. The molecule has 30 heavy (non-hydrogen) atoms. The van der Waals surface area contributed by atoms with Crippen molar-refractivity contribution in [2.24, 2.45) is 10.4 Å². The Hall–Kier alpha value is -0.860. The summed E-state index contributed by atoms with van der Waals surface area (Å²) in [5.41, 5.74) is 1.55. The molecule has 0 aliphatic carbocycles. The van der Waals surface area contributed by atoms with Crippen LogP contribution in [0.1, 0.15) is 51.5 Å². The standard InChI is InChI=1S/C24H39N3O2.HI/c1-24(2,17-20-9-5-4-6-10-20)19-26-23(25-3)27-14-12-21(13-15-27)29-18-22-11-7-8-16-28-22;/h4-6,9-10,21-22H,7-8,11-19H2,1-3H3,(H,25,26);1H. The maximum atomic E-state index is 6.15. The zero-order valence-electron chi connectivity index (χ0n) is 18.9. The van der Waals surface area contributed by atoms with E-state index in [1.807, 2.05) is 7.05 Å². The highest BCUT2D eigenvalue weighted by Crippen LogP contribution is 2.22. The monoisotopic (exact) mass is 529 g/mol. The molecule has 0 radical (unpaired) electrons. The molecule has 2 saturated heterocycles. The van der Waals surface area contributed by atoms with Crippen molar-refractivity contribution in [3.05, 3.63) is 35.9 Å². The molecule has 1 aromatic rings. The topological polar surface area (TPSA) is 46.1 Å². The van der Waals surface area contributed by atoms with E-state index in [4.69, 9.17) is 9.47 Å². The summed E-state index contributed by atoms with van der Waals surface area (Å²) in [5.74, 6) is 1.01. The van der Waals surface area contributed by atoms with Crippen LogP contribution in [0.15, 0.2) is 35.3 Å². The second-order valence-electron chi connectivity index (χ2n) is 9.24. The summed E-state index contributed by atoms with van der Waals surface area (Å²) in [6.07, 6.45) is 7.44. The Kier molecular flexibility index (Phi) is 10.9. The van der Waals surface area contributed by atoms with E-state index in [0.29, 0.717) is 12.2 Å². The van der Waals surface area contributed by atoms with Gasteiger partial charge in [-0.05, 0) is 49.5 Å². The quantitative estimate of drug-likeness (QED) is 0.321. The van der Waals surface area contributed by atoms with Crippen molar-refractivity contribution >= 4 is 29.9 Å². The van der Waals surface area contributed by atoms with Crippen molar-refractivity contribution < 1.29 is 9.47 Å². The molecule has 2 heterocycles. The summed E-state index contributed by atoms with van der Waals surface area (Å²) in [6.45, 7) is 9.18. The zero-order chi connectivity index (χ0) is 20.5. The van der Waals surface area contributed by atoms with Crippen LogP contribution in [0.2, 0.25) is 0 Å². The van der Waals surface area contributed by atoms with Crippen molar-refractivity contribution in [2.45, 2.75) is 64.6 Å². The van der Waals surface area contributed by atoms with Crippen LogP contribution in [0.3, 0.4) is 0 Å². The number of benzene rings is 1. The molecule has 1 N–H and O–H groups in total. The van der Waals surface area contributed by atoms with E-state index in [0.717, 1.165) is 64.5 Å². The smallest absolute Gasteiger partial charge is 0.193 e. The molecule has 0 amide bonds. The molecule has 0 bridgehead atoms. The van der Waals surface area contributed by atoms with E-state index in [1.54, 1.807) is 0 Å². The number of nitrogens with one attached hydrogen (secondary N) is 1. The van der Waals surface area contributed by atoms with E-state index in [-0.39, 0.29) is 29.4 Å². The lowest BCUT2D eigenvalue weighted by molar-refractivity contribution is -0.0721. The van der Waals surface area contributed by atoms with E-state index >= 15 is 0 Å². The van der Waals surface area contributed by atoms with E-state index in [1.165, 1.54) is 18.4 Å². The van der Waals surface area contributed by atoms with Gasteiger partial charge in [-0.25, -0.2) is 0 Å². The van der Waals surface area contributed by atoms with Crippen molar-refractivity contribution in [2.75, 3.05) is 39.9 Å². The first-order valence-corrected chi connectivity index (χ1v) is 11.3. The second kappa shape index (κ2) is 12.9. The normalized spacial score (nSPS) is 21.2. The third kappa shape index (κ3) is 8.35. The Morgan fingerprint density at radius 1 is 1.17 bits per heavy atom. The first-order valence-electron chi connectivity index (χ1n) is 11.3. The van der Waals surface area contributed by atoms with Gasteiger partial charge in [0.2, 0.25) is 0 Å². The largest absolute Gasteiger partial charge is 0.376 e. The minimum Gasteiger partial charge on any atom is -0.376 e. The molecule has 1 aromatic carbocycles.